The predicted molar refractivity (Wildman–Crippen MR) is 147 cm³/mol. The van der Waals surface area contributed by atoms with Crippen molar-refractivity contribution in [1.82, 2.24) is 19.9 Å². The Morgan fingerprint density at radius 3 is 2.73 bits per heavy atom. The molecular weight excluding hydrogens is 563 g/mol. The molecule has 218 valence electrons. The first kappa shape index (κ1) is 28.9. The van der Waals surface area contributed by atoms with Gasteiger partial charge in [0.05, 0.1) is 12.0 Å². The first-order chi connectivity index (χ1) is 19.4. The summed E-state index contributed by atoms with van der Waals surface area (Å²) in [5.74, 6) is -2.13. The molecule has 2 N–H and O–H groups in total. The Morgan fingerprint density at radius 1 is 1.24 bits per heavy atom. The molecule has 0 saturated carbocycles. The van der Waals surface area contributed by atoms with E-state index in [1.807, 2.05) is 0 Å². The molecule has 3 aromatic rings. The highest BCUT2D eigenvalue weighted by atomic mass is 35.5. The Kier molecular flexibility index (Phi) is 8.00. The average Bonchev–Trinajstić information content (AvgIpc) is 3.28. The highest BCUT2D eigenvalue weighted by molar-refractivity contribution is 6.30. The first-order valence-electron chi connectivity index (χ1n) is 13.0. The number of allylic oxidation sites excluding steroid dienone is 1. The van der Waals surface area contributed by atoms with Crippen LogP contribution >= 0.6 is 11.6 Å². The number of benzene rings is 2. The lowest BCUT2D eigenvalue weighted by Gasteiger charge is -2.38. The van der Waals surface area contributed by atoms with Crippen LogP contribution in [-0.4, -0.2) is 69.2 Å². The number of aliphatic hydroxyl groups is 1. The molecule has 0 aliphatic carbocycles. The Morgan fingerprint density at radius 2 is 2.00 bits per heavy atom. The van der Waals surface area contributed by atoms with Gasteiger partial charge in [-0.25, -0.2) is 0 Å². The van der Waals surface area contributed by atoms with Crippen LogP contribution in [0.5, 0.6) is 0 Å². The number of anilines is 1. The Bertz CT molecular complexity index is 1520. The number of alkyl halides is 3. The molecule has 2 aliphatic heterocycles. The number of hydrogen-bond donors (Lipinski definition) is 2. The topological polar surface area (TPSA) is 102 Å². The third-order valence-corrected chi connectivity index (χ3v) is 7.49. The number of hydrogen-bond acceptors (Lipinski definition) is 7. The smallest absolute Gasteiger partial charge is 0.395 e. The molecule has 0 bridgehead atoms. The fraction of sp³-hybridized carbons (Fsp3) is 0.393. The molecule has 1 aromatic heterocycles. The zero-order valence-corrected chi connectivity index (χ0v) is 23.3. The quantitative estimate of drug-likeness (QED) is 0.430. The molecule has 0 radical (unpaired) electrons. The minimum atomic E-state index is -4.49. The zero-order chi connectivity index (χ0) is 29.5. The van der Waals surface area contributed by atoms with E-state index in [0.717, 1.165) is 0 Å². The number of methoxy groups -OCH3 is 1. The number of carbonyl (C=O) groups excluding carboxylic acids is 1. The maximum absolute atomic E-state index is 13.8. The van der Waals surface area contributed by atoms with E-state index in [-0.39, 0.29) is 18.6 Å². The molecule has 0 saturated heterocycles. The van der Waals surface area contributed by atoms with Crippen molar-refractivity contribution in [1.29, 1.82) is 0 Å². The van der Waals surface area contributed by atoms with Crippen LogP contribution < -0.4 is 5.32 Å². The largest absolute Gasteiger partial charge is 0.491 e. The average molecular weight is 592 g/mol. The number of rotatable bonds is 6. The fourth-order valence-electron chi connectivity index (χ4n) is 5.01. The van der Waals surface area contributed by atoms with Gasteiger partial charge in [0, 0.05) is 43.1 Å². The summed E-state index contributed by atoms with van der Waals surface area (Å²) in [5.41, 5.74) is 2.97. The zero-order valence-electron chi connectivity index (χ0n) is 22.5. The van der Waals surface area contributed by atoms with Crippen LogP contribution in [0.3, 0.4) is 0 Å². The summed E-state index contributed by atoms with van der Waals surface area (Å²) in [6.07, 6.45) is -3.47. The van der Waals surface area contributed by atoms with Crippen molar-refractivity contribution in [3.05, 3.63) is 70.6 Å². The van der Waals surface area contributed by atoms with Crippen molar-refractivity contribution in [3.8, 4) is 0 Å². The number of halogens is 4. The van der Waals surface area contributed by atoms with Gasteiger partial charge < -0.3 is 24.8 Å². The van der Waals surface area contributed by atoms with Crippen LogP contribution in [0.2, 0.25) is 5.02 Å². The summed E-state index contributed by atoms with van der Waals surface area (Å²) >= 11 is 6.21. The molecule has 9 nitrogen and oxygen atoms in total. The van der Waals surface area contributed by atoms with Gasteiger partial charge in [0.1, 0.15) is 35.7 Å². The van der Waals surface area contributed by atoms with Crippen LogP contribution in [-0.2, 0) is 27.7 Å². The summed E-state index contributed by atoms with van der Waals surface area (Å²) in [6, 6.07) is 8.76. The number of ether oxygens (including phenoxy) is 2. The number of carbonyl (C=O) groups is 1. The third kappa shape index (κ3) is 6.19. The predicted octanol–water partition coefficient (Wildman–Crippen LogP) is 4.66. The van der Waals surface area contributed by atoms with Crippen molar-refractivity contribution in [2.45, 2.75) is 44.3 Å². The van der Waals surface area contributed by atoms with Crippen molar-refractivity contribution in [2.75, 3.05) is 19.0 Å². The minimum absolute atomic E-state index is 0.0941. The van der Waals surface area contributed by atoms with Gasteiger partial charge in [0.15, 0.2) is 0 Å². The van der Waals surface area contributed by atoms with Crippen LogP contribution in [0.15, 0.2) is 54.4 Å². The molecular formula is C28H29ClF3N5O4. The van der Waals surface area contributed by atoms with Crippen molar-refractivity contribution in [2.24, 2.45) is 13.0 Å². The first-order valence-corrected chi connectivity index (χ1v) is 13.3. The number of fused-ring (bicyclic) bond motifs is 4. The monoisotopic (exact) mass is 591 g/mol. The summed E-state index contributed by atoms with van der Waals surface area (Å²) in [6.45, 7) is 1.15. The number of aryl methyl sites for hydroxylation is 1. The van der Waals surface area contributed by atoms with E-state index in [9.17, 15) is 23.1 Å². The summed E-state index contributed by atoms with van der Waals surface area (Å²) < 4.78 is 52.7. The second kappa shape index (κ2) is 11.3. The second-order valence-electron chi connectivity index (χ2n) is 10.2. The van der Waals surface area contributed by atoms with Crippen molar-refractivity contribution >= 4 is 39.8 Å². The molecule has 0 fully saturated rings. The molecule has 2 aromatic carbocycles. The van der Waals surface area contributed by atoms with E-state index in [1.165, 1.54) is 35.1 Å². The van der Waals surface area contributed by atoms with Crippen LogP contribution in [0.1, 0.15) is 24.5 Å². The number of nitrogens with zero attached hydrogens (tertiary/aromatic N) is 4. The standard InChI is InChI=1S/C28H29ClF3N5O4/c1-15(40-3)8-24(27(39)33-19-6-7-22-23(11-19)35-36(2)34-22)37-13-25-21(12-26(37)38)20-10-18(29)5-4-16(20)9-17(14-41-25)28(30,31)32/h4-7,10-13,15,17,24,26,38H,8-9,14H2,1-3H3,(H,33,39)/t15-,17+,24?,26?/m0/s1. The molecule has 2 unspecified atom stereocenters. The normalized spacial score (nSPS) is 20.5. The molecule has 4 atom stereocenters. The van der Waals surface area contributed by atoms with E-state index >= 15 is 0 Å². The second-order valence-corrected chi connectivity index (χ2v) is 10.6. The van der Waals surface area contributed by atoms with E-state index < -0.39 is 43.0 Å². The van der Waals surface area contributed by atoms with Gasteiger partial charge in [-0.2, -0.15) is 28.2 Å². The van der Waals surface area contributed by atoms with Gasteiger partial charge >= 0.3 is 6.18 Å². The molecule has 5 rings (SSSR count). The third-order valence-electron chi connectivity index (χ3n) is 7.25. The number of amides is 1. The Labute approximate surface area is 239 Å². The van der Waals surface area contributed by atoms with E-state index in [1.54, 1.807) is 44.3 Å². The lowest BCUT2D eigenvalue weighted by molar-refractivity contribution is -0.184. The maximum Gasteiger partial charge on any atom is 0.395 e. The highest BCUT2D eigenvalue weighted by Crippen LogP contribution is 2.40. The van der Waals surface area contributed by atoms with E-state index in [2.05, 4.69) is 15.5 Å². The molecule has 2 aliphatic rings. The summed E-state index contributed by atoms with van der Waals surface area (Å²) in [4.78, 5) is 16.4. The summed E-state index contributed by atoms with van der Waals surface area (Å²) in [5, 5.41) is 22.9. The Hall–Kier alpha value is -3.61. The van der Waals surface area contributed by atoms with E-state index in [4.69, 9.17) is 21.1 Å². The Balaban J connectivity index is 1.50. The molecule has 1 amide bonds. The lowest BCUT2D eigenvalue weighted by Crippen LogP contribution is -2.49. The van der Waals surface area contributed by atoms with Crippen LogP contribution in [0, 0.1) is 5.92 Å². The number of aromatic nitrogens is 3. The van der Waals surface area contributed by atoms with Crippen LogP contribution in [0.25, 0.3) is 16.6 Å². The fourth-order valence-corrected chi connectivity index (χ4v) is 5.19. The SMILES string of the molecule is CO[C@@H](C)CC(C(=O)Nc1ccc2nn(C)nc2c1)N1C=C2OC[C@H](C(F)(F)F)Cc3ccc(Cl)cc3C2=CC1O. The van der Waals surface area contributed by atoms with Gasteiger partial charge in [-0.1, -0.05) is 17.7 Å². The van der Waals surface area contributed by atoms with Gasteiger partial charge in [0.25, 0.3) is 0 Å². The summed E-state index contributed by atoms with van der Waals surface area (Å²) in [7, 11) is 3.19. The van der Waals surface area contributed by atoms with Gasteiger partial charge in [-0.3, -0.25) is 4.79 Å². The van der Waals surface area contributed by atoms with Crippen molar-refractivity contribution < 1.29 is 32.5 Å². The minimum Gasteiger partial charge on any atom is -0.491 e. The maximum atomic E-state index is 13.8. The lowest BCUT2D eigenvalue weighted by atomic mass is 9.88. The number of aliphatic hydroxyl groups excluding tert-OH is 1. The number of nitrogens with one attached hydrogen (secondary N) is 1. The van der Waals surface area contributed by atoms with Gasteiger partial charge in [0.2, 0.25) is 5.91 Å². The van der Waals surface area contributed by atoms with E-state index in [0.29, 0.717) is 38.4 Å². The van der Waals surface area contributed by atoms with Crippen molar-refractivity contribution in [3.63, 3.8) is 0 Å². The molecule has 13 heteroatoms. The molecule has 0 spiro atoms. The molecule has 41 heavy (non-hydrogen) atoms. The molecule has 3 heterocycles. The van der Waals surface area contributed by atoms with Crippen LogP contribution in [0.4, 0.5) is 18.9 Å². The van der Waals surface area contributed by atoms with Gasteiger partial charge in [-0.05, 0) is 60.9 Å². The highest BCUT2D eigenvalue weighted by Gasteiger charge is 2.43. The van der Waals surface area contributed by atoms with Gasteiger partial charge in [-0.15, -0.1) is 0 Å².